The second-order valence-corrected chi connectivity index (χ2v) is 10.9. The van der Waals surface area contributed by atoms with Crippen molar-refractivity contribution in [2.75, 3.05) is 49.6 Å². The van der Waals surface area contributed by atoms with E-state index in [1.165, 1.54) is 0 Å². The molecule has 0 radical (unpaired) electrons. The van der Waals surface area contributed by atoms with Crippen molar-refractivity contribution in [2.24, 2.45) is 0 Å². The van der Waals surface area contributed by atoms with Crippen LogP contribution in [0.2, 0.25) is 0 Å². The lowest BCUT2D eigenvalue weighted by atomic mass is 9.73. The lowest BCUT2D eigenvalue weighted by Gasteiger charge is -2.39. The maximum Gasteiger partial charge on any atom is 0.253 e. The molecule has 2 fully saturated rings. The van der Waals surface area contributed by atoms with E-state index in [2.05, 4.69) is 30.1 Å². The third-order valence-corrected chi connectivity index (χ3v) is 7.46. The molecule has 2 aromatic rings. The van der Waals surface area contributed by atoms with Gasteiger partial charge in [-0.3, -0.25) is 4.79 Å². The Bertz CT molecular complexity index is 1090. The summed E-state index contributed by atoms with van der Waals surface area (Å²) in [5.41, 5.74) is 3.51. The summed E-state index contributed by atoms with van der Waals surface area (Å²) in [6.07, 6.45) is 1.38. The molecular weight excluding hydrogens is 433 g/mol. The Kier molecular flexibility index (Phi) is 5.81. The Morgan fingerprint density at radius 2 is 1.88 bits per heavy atom. The van der Waals surface area contributed by atoms with E-state index in [9.17, 15) is 14.3 Å². The summed E-state index contributed by atoms with van der Waals surface area (Å²) in [4.78, 5) is 17.0. The van der Waals surface area contributed by atoms with Gasteiger partial charge in [0.25, 0.3) is 5.91 Å². The minimum Gasteiger partial charge on any atom is -0.388 e. The summed E-state index contributed by atoms with van der Waals surface area (Å²) >= 11 is 0. The smallest absolute Gasteiger partial charge is 0.253 e. The van der Waals surface area contributed by atoms with Crippen LogP contribution in [0.5, 0.6) is 0 Å². The molecule has 3 heterocycles. The number of morpholine rings is 1. The second kappa shape index (κ2) is 8.54. The van der Waals surface area contributed by atoms with Gasteiger partial charge in [-0.05, 0) is 72.7 Å². The van der Waals surface area contributed by atoms with Crippen LogP contribution in [0.25, 0.3) is 0 Å². The Balaban J connectivity index is 1.40. The highest BCUT2D eigenvalue weighted by Crippen LogP contribution is 2.45. The topological polar surface area (TPSA) is 65.0 Å². The maximum absolute atomic E-state index is 14.6. The molecule has 2 saturated heterocycles. The van der Waals surface area contributed by atoms with Gasteiger partial charge in [0, 0.05) is 43.1 Å². The molecule has 0 bridgehead atoms. The van der Waals surface area contributed by atoms with Crippen LogP contribution in [0.1, 0.15) is 61.1 Å². The third-order valence-electron chi connectivity index (χ3n) is 7.46. The van der Waals surface area contributed by atoms with E-state index < -0.39 is 5.60 Å². The van der Waals surface area contributed by atoms with Gasteiger partial charge < -0.3 is 25.0 Å². The Morgan fingerprint density at radius 3 is 2.59 bits per heavy atom. The Labute approximate surface area is 200 Å². The number of hydrogen-bond donors (Lipinski definition) is 2. The normalized spacial score (nSPS) is 26.2. The zero-order valence-corrected chi connectivity index (χ0v) is 20.2. The molecule has 7 heteroatoms. The zero-order valence-electron chi connectivity index (χ0n) is 20.2. The summed E-state index contributed by atoms with van der Waals surface area (Å²) in [7, 11) is 0. The minimum atomic E-state index is -0.817. The van der Waals surface area contributed by atoms with Gasteiger partial charge in [-0.2, -0.15) is 0 Å². The highest BCUT2D eigenvalue weighted by Gasteiger charge is 2.37. The molecule has 1 amide bonds. The van der Waals surface area contributed by atoms with Crippen molar-refractivity contribution < 1.29 is 19.0 Å². The number of carbonyl (C=O) groups excluding carboxylic acids is 1. The number of β-amino-alcohol motifs (C(OH)–C–C–N with tert-alkyl or cyclic N) is 1. The van der Waals surface area contributed by atoms with Gasteiger partial charge in [0.15, 0.2) is 0 Å². The first kappa shape index (κ1) is 23.1. The molecule has 0 aromatic heterocycles. The van der Waals surface area contributed by atoms with Gasteiger partial charge in [-0.15, -0.1) is 0 Å². The molecule has 0 aliphatic carbocycles. The molecule has 3 aliphatic heterocycles. The number of benzene rings is 2. The molecule has 182 valence electrons. The summed E-state index contributed by atoms with van der Waals surface area (Å²) in [5, 5.41) is 13.9. The van der Waals surface area contributed by atoms with Gasteiger partial charge in [-0.1, -0.05) is 13.8 Å². The zero-order chi connectivity index (χ0) is 24.1. The number of halogens is 1. The third kappa shape index (κ3) is 4.51. The molecule has 2 unspecified atom stereocenters. The Morgan fingerprint density at radius 1 is 1.12 bits per heavy atom. The number of hydrogen-bond acceptors (Lipinski definition) is 5. The first-order valence-corrected chi connectivity index (χ1v) is 12.2. The summed E-state index contributed by atoms with van der Waals surface area (Å²) in [6, 6.07) is 11.1. The monoisotopic (exact) mass is 467 g/mol. The summed E-state index contributed by atoms with van der Waals surface area (Å²) in [5.74, 6) is -0.273. The van der Waals surface area contributed by atoms with Crippen LogP contribution in [-0.2, 0) is 10.2 Å². The number of anilines is 2. The number of aliphatic hydroxyl groups is 1. The van der Waals surface area contributed by atoms with E-state index in [1.807, 2.05) is 18.2 Å². The van der Waals surface area contributed by atoms with Crippen LogP contribution in [0.15, 0.2) is 36.4 Å². The molecule has 0 saturated carbocycles. The van der Waals surface area contributed by atoms with Crippen LogP contribution in [0.4, 0.5) is 15.8 Å². The predicted molar refractivity (Wildman–Crippen MR) is 131 cm³/mol. The molecule has 34 heavy (non-hydrogen) atoms. The molecule has 2 aromatic carbocycles. The molecular formula is C27H34FN3O3. The minimum absolute atomic E-state index is 0.0341. The van der Waals surface area contributed by atoms with Crippen molar-refractivity contribution in [1.82, 2.24) is 4.90 Å². The summed E-state index contributed by atoms with van der Waals surface area (Å²) in [6.45, 7) is 9.89. The average molecular weight is 468 g/mol. The van der Waals surface area contributed by atoms with Gasteiger partial charge in [0.1, 0.15) is 5.82 Å². The SMILES string of the molecule is CC1(O)CCN(C(=O)c2ccc3c(c2)C(C)(C)CC(c2cc(F)cc(N4CCOCC4)c2)N3)C1. The van der Waals surface area contributed by atoms with Crippen molar-refractivity contribution in [2.45, 2.75) is 50.7 Å². The van der Waals surface area contributed by atoms with E-state index in [-0.39, 0.29) is 23.2 Å². The fourth-order valence-corrected chi connectivity index (χ4v) is 5.53. The fraction of sp³-hybridized carbons (Fsp3) is 0.519. The number of nitrogens with zero attached hydrogens (tertiary/aromatic N) is 2. The van der Waals surface area contributed by atoms with E-state index in [4.69, 9.17) is 4.74 Å². The van der Waals surface area contributed by atoms with Crippen molar-refractivity contribution in [3.63, 3.8) is 0 Å². The van der Waals surface area contributed by atoms with Crippen molar-refractivity contribution in [1.29, 1.82) is 0 Å². The van der Waals surface area contributed by atoms with E-state index in [1.54, 1.807) is 24.0 Å². The number of nitrogens with one attached hydrogen (secondary N) is 1. The first-order chi connectivity index (χ1) is 16.1. The quantitative estimate of drug-likeness (QED) is 0.712. The molecule has 2 atom stereocenters. The standard InChI is InChI=1S/C27H34FN3O3/c1-26(2)16-24(19-12-20(28)15-21(13-19)30-8-10-34-11-9-30)29-23-5-4-18(14-22(23)26)25(32)31-7-6-27(3,33)17-31/h4-5,12-15,24,29,33H,6-11,16-17H2,1-3H3. The van der Waals surface area contributed by atoms with Crippen LogP contribution < -0.4 is 10.2 Å². The first-order valence-electron chi connectivity index (χ1n) is 12.2. The van der Waals surface area contributed by atoms with Crippen molar-refractivity contribution in [3.8, 4) is 0 Å². The number of likely N-dealkylation sites (tertiary alicyclic amines) is 1. The molecule has 6 nitrogen and oxygen atoms in total. The molecule has 3 aliphatic rings. The van der Waals surface area contributed by atoms with Crippen LogP contribution >= 0.6 is 0 Å². The predicted octanol–water partition coefficient (Wildman–Crippen LogP) is 4.09. The number of carbonyl (C=O) groups is 1. The number of ether oxygens (including phenoxy) is 1. The lowest BCUT2D eigenvalue weighted by molar-refractivity contribution is 0.0572. The molecule has 2 N–H and O–H groups in total. The lowest BCUT2D eigenvalue weighted by Crippen LogP contribution is -2.36. The second-order valence-electron chi connectivity index (χ2n) is 10.9. The van der Waals surface area contributed by atoms with Crippen molar-refractivity contribution >= 4 is 17.3 Å². The Hall–Kier alpha value is -2.64. The summed E-state index contributed by atoms with van der Waals surface area (Å²) < 4.78 is 20.1. The highest BCUT2D eigenvalue weighted by atomic mass is 19.1. The van der Waals surface area contributed by atoms with E-state index >= 15 is 0 Å². The number of rotatable bonds is 3. The van der Waals surface area contributed by atoms with E-state index in [0.29, 0.717) is 38.3 Å². The van der Waals surface area contributed by atoms with Crippen LogP contribution in [-0.4, -0.2) is 60.9 Å². The number of fused-ring (bicyclic) bond motifs is 1. The van der Waals surface area contributed by atoms with Crippen LogP contribution in [0, 0.1) is 5.82 Å². The van der Waals surface area contributed by atoms with Gasteiger partial charge in [0.05, 0.1) is 24.9 Å². The molecule has 5 rings (SSSR count). The highest BCUT2D eigenvalue weighted by molar-refractivity contribution is 5.95. The van der Waals surface area contributed by atoms with Gasteiger partial charge in [0.2, 0.25) is 0 Å². The van der Waals surface area contributed by atoms with E-state index in [0.717, 1.165) is 42.0 Å². The molecule has 0 spiro atoms. The largest absolute Gasteiger partial charge is 0.388 e. The average Bonchev–Trinajstić information content (AvgIpc) is 3.17. The van der Waals surface area contributed by atoms with Crippen LogP contribution in [0.3, 0.4) is 0 Å². The number of amides is 1. The van der Waals surface area contributed by atoms with Gasteiger partial charge in [-0.25, -0.2) is 4.39 Å². The maximum atomic E-state index is 14.6. The van der Waals surface area contributed by atoms with Gasteiger partial charge >= 0.3 is 0 Å². The van der Waals surface area contributed by atoms with Crippen molar-refractivity contribution in [3.05, 3.63) is 58.9 Å². The fourth-order valence-electron chi connectivity index (χ4n) is 5.53.